The Hall–Kier alpha value is -2.19. The van der Waals surface area contributed by atoms with Crippen molar-refractivity contribution in [2.24, 2.45) is 11.8 Å². The van der Waals surface area contributed by atoms with Gasteiger partial charge in [0.1, 0.15) is 36.8 Å². The number of ether oxygens (including phenoxy) is 2. The van der Waals surface area contributed by atoms with E-state index in [1.807, 2.05) is 6.92 Å². The number of hydrogen-bond donors (Lipinski definition) is 9. The number of fused-ring (bicyclic) bond motifs is 4. The van der Waals surface area contributed by atoms with Crippen molar-refractivity contribution in [1.29, 1.82) is 0 Å². The van der Waals surface area contributed by atoms with Gasteiger partial charge in [-0.25, -0.2) is 9.13 Å². The van der Waals surface area contributed by atoms with Crippen LogP contribution in [0.1, 0.15) is 174 Å². The summed E-state index contributed by atoms with van der Waals surface area (Å²) in [6.07, 6.45) is 7.91. The molecule has 2 rings (SSSR count). The molecule has 0 aromatic carbocycles. The van der Waals surface area contributed by atoms with Crippen LogP contribution in [0.25, 0.3) is 0 Å². The van der Waals surface area contributed by atoms with Gasteiger partial charge in [-0.2, -0.15) is 0 Å². The Morgan fingerprint density at radius 1 is 0.814 bits per heavy atom. The maximum atomic E-state index is 13.8. The molecular formula is C49H86O19P2. The molecule has 70 heavy (non-hydrogen) atoms. The summed E-state index contributed by atoms with van der Waals surface area (Å²) < 4.78 is 52.2. The Balaban J connectivity index is 2.28. The molecule has 9 N–H and O–H groups in total. The van der Waals surface area contributed by atoms with Crippen LogP contribution in [0.5, 0.6) is 0 Å². The molecular weight excluding hydrogens is 954 g/mol. The summed E-state index contributed by atoms with van der Waals surface area (Å²) in [5.74, 6) is -5.68. The van der Waals surface area contributed by atoms with Crippen LogP contribution in [-0.2, 0) is 46.6 Å². The smallest absolute Gasteiger partial charge is 0.462 e. The maximum absolute atomic E-state index is 13.8. The van der Waals surface area contributed by atoms with E-state index in [1.165, 1.54) is 50.7 Å². The molecule has 0 saturated heterocycles. The Labute approximate surface area is 414 Å². The van der Waals surface area contributed by atoms with Crippen molar-refractivity contribution >= 4 is 33.4 Å². The molecule has 12 atom stereocenters. The third kappa shape index (κ3) is 27.2. The van der Waals surface area contributed by atoms with Crippen LogP contribution in [0.15, 0.2) is 36.5 Å². The molecule has 1 unspecified atom stereocenters. The van der Waals surface area contributed by atoms with Crippen molar-refractivity contribution in [2.75, 3.05) is 13.2 Å². The van der Waals surface area contributed by atoms with Gasteiger partial charge in [0.05, 0.1) is 31.0 Å². The van der Waals surface area contributed by atoms with Crippen LogP contribution in [0.3, 0.4) is 0 Å². The minimum atomic E-state index is -5.79. The van der Waals surface area contributed by atoms with Gasteiger partial charge >= 0.3 is 27.6 Å². The Bertz CT molecular complexity index is 1650. The van der Waals surface area contributed by atoms with E-state index in [-0.39, 0.29) is 38.5 Å². The predicted molar refractivity (Wildman–Crippen MR) is 261 cm³/mol. The number of allylic oxidation sites excluding steroid dienone is 4. The molecule has 406 valence electrons. The van der Waals surface area contributed by atoms with Crippen LogP contribution in [0.4, 0.5) is 0 Å². The zero-order valence-electron chi connectivity index (χ0n) is 41.4. The Morgan fingerprint density at radius 2 is 1.41 bits per heavy atom. The van der Waals surface area contributed by atoms with Gasteiger partial charge in [0.2, 0.25) is 0 Å². The highest BCUT2D eigenvalue weighted by Crippen LogP contribution is 2.49. The summed E-state index contributed by atoms with van der Waals surface area (Å²) in [5, 5.41) is 68.2. The maximum Gasteiger partial charge on any atom is 0.472 e. The number of ketones is 1. The van der Waals surface area contributed by atoms with E-state index in [2.05, 4.69) is 19.1 Å². The number of hydrogen-bond acceptors (Lipinski definition) is 16. The number of cyclic esters (lactones) is 1. The van der Waals surface area contributed by atoms with Crippen LogP contribution >= 0.6 is 15.6 Å². The fourth-order valence-corrected chi connectivity index (χ4v) is 9.95. The molecule has 2 aliphatic rings. The monoisotopic (exact) mass is 1040 g/mol. The second-order valence-corrected chi connectivity index (χ2v) is 21.3. The number of aliphatic hydroxyl groups excluding tert-OH is 6. The summed E-state index contributed by atoms with van der Waals surface area (Å²) in [4.78, 5) is 70.5. The largest absolute Gasteiger partial charge is 0.472 e. The highest BCUT2D eigenvalue weighted by Gasteiger charge is 2.51. The number of carbonyl (C=O) groups excluding carboxylic acids is 3. The van der Waals surface area contributed by atoms with Gasteiger partial charge in [-0.15, -0.1) is 0 Å². The quantitative estimate of drug-likeness (QED) is 0.0185. The molecule has 1 aliphatic carbocycles. The number of carbonyl (C=O) groups is 3. The second kappa shape index (κ2) is 35.9. The van der Waals surface area contributed by atoms with E-state index in [1.54, 1.807) is 6.08 Å². The van der Waals surface area contributed by atoms with E-state index in [0.717, 1.165) is 70.3 Å². The molecule has 0 amide bonds. The van der Waals surface area contributed by atoms with E-state index >= 15 is 0 Å². The molecule has 19 nitrogen and oxygen atoms in total. The highest BCUT2D eigenvalue weighted by atomic mass is 31.2. The summed E-state index contributed by atoms with van der Waals surface area (Å²) >= 11 is 0. The van der Waals surface area contributed by atoms with Gasteiger partial charge in [-0.05, 0) is 57.8 Å². The van der Waals surface area contributed by atoms with Crippen molar-refractivity contribution in [3.63, 3.8) is 0 Å². The van der Waals surface area contributed by atoms with E-state index in [0.29, 0.717) is 12.8 Å². The number of rotatable bonds is 26. The highest BCUT2D eigenvalue weighted by molar-refractivity contribution is 7.47. The first-order valence-electron chi connectivity index (χ1n) is 25.6. The number of Topliss-reactive ketones (excluding diaryl/α,β-unsaturated/α-hetero) is 1. The molecule has 0 aromatic rings. The standard InChI is InChI=1S/C49H86O19P2/c1-3-5-7-8-9-10-11-12-13-14-15-16-17-18-19-20-26-30-43(54)66-37-34-64-42(53)29-25-22-21-24-28-38-40(51)33-41(52)39(32-31-36(50)27-23-6-4-2)45(56)48(67-69(59,60)61)49(47(58)46(57)44(38)55)68-70(62,63)65-35-37/h12-13,21,24,31-32,36-39,41,44-50,52,55-58H,3-11,14-20,22-23,25-30,33-35H2,1-2H3,(H,62,63)(H2,59,60,61)/b13-12-,24-21-,32-31+/t36-,37+,38-,39-,41+,44+,45+,46-,47+,48+,49-/m0/s1. The molecule has 1 fully saturated rings. The van der Waals surface area contributed by atoms with Crippen LogP contribution < -0.4 is 0 Å². The third-order valence-corrected chi connectivity index (χ3v) is 14.1. The average molecular weight is 1040 g/mol. The number of aliphatic hydroxyl groups is 6. The molecule has 0 aromatic heterocycles. The van der Waals surface area contributed by atoms with E-state index < -0.39 is 120 Å². The average Bonchev–Trinajstić information content (AvgIpc) is 3.30. The van der Waals surface area contributed by atoms with Gasteiger partial charge in [-0.1, -0.05) is 134 Å². The van der Waals surface area contributed by atoms with Crippen LogP contribution in [0.2, 0.25) is 0 Å². The third-order valence-electron chi connectivity index (χ3n) is 12.5. The number of esters is 2. The first-order chi connectivity index (χ1) is 33.3. The number of phosphoric acid groups is 2. The van der Waals surface area contributed by atoms with Gasteiger partial charge in [0.25, 0.3) is 0 Å². The SMILES string of the molecule is CCCCCCCC/C=C\CCCCCCCCCC(=O)O[C@@H]1COC(=O)CCC/C=C\C[C@H]2C(=O)C[C@@H](O)[C@H](/C=C/[C@@H](O)CCCCC)[C@@H](O)[C@@H](OP(=O)(O)O)[C@@H](OP(=O)(O)OC1)[C@H](O)[C@@H](O)[C@@H]2O. The minimum absolute atomic E-state index is 0.0397. The lowest BCUT2D eigenvalue weighted by Gasteiger charge is -2.38. The van der Waals surface area contributed by atoms with Crippen LogP contribution in [0, 0.1) is 11.8 Å². The molecule has 1 heterocycles. The number of phosphoric ester groups is 2. The topological polar surface area (TPSA) is 314 Å². The zero-order valence-corrected chi connectivity index (χ0v) is 43.2. The van der Waals surface area contributed by atoms with Crippen molar-refractivity contribution in [2.45, 2.75) is 229 Å². The molecule has 1 aliphatic heterocycles. The second-order valence-electron chi connectivity index (χ2n) is 18.7. The summed E-state index contributed by atoms with van der Waals surface area (Å²) in [6, 6.07) is 0. The number of unbranched alkanes of at least 4 members (excludes halogenated alkanes) is 15. The van der Waals surface area contributed by atoms with Crippen molar-refractivity contribution in [3.05, 3.63) is 36.5 Å². The van der Waals surface area contributed by atoms with Crippen molar-refractivity contribution < 1.29 is 91.9 Å². The Morgan fingerprint density at radius 3 is 2.04 bits per heavy atom. The van der Waals surface area contributed by atoms with E-state index in [4.69, 9.17) is 23.0 Å². The van der Waals surface area contributed by atoms with Crippen molar-refractivity contribution in [3.8, 4) is 0 Å². The summed E-state index contributed by atoms with van der Waals surface area (Å²) in [5.41, 5.74) is 0. The molecule has 2 bridgehead atoms. The van der Waals surface area contributed by atoms with Gasteiger partial charge in [0, 0.05) is 31.1 Å². The van der Waals surface area contributed by atoms with E-state index in [9.17, 15) is 68.8 Å². The van der Waals surface area contributed by atoms with Gasteiger partial charge in [0.15, 0.2) is 6.10 Å². The van der Waals surface area contributed by atoms with Gasteiger partial charge in [-0.3, -0.25) is 28.0 Å². The normalized spacial score (nSPS) is 30.4. The molecule has 21 heteroatoms. The Kier molecular flexibility index (Phi) is 32.8. The lowest BCUT2D eigenvalue weighted by Crippen LogP contribution is -2.56. The zero-order chi connectivity index (χ0) is 52.0. The first-order valence-corrected chi connectivity index (χ1v) is 28.7. The van der Waals surface area contributed by atoms with Gasteiger partial charge < -0.3 is 54.8 Å². The predicted octanol–water partition coefficient (Wildman–Crippen LogP) is 6.88. The fourth-order valence-electron chi connectivity index (χ4n) is 8.43. The van der Waals surface area contributed by atoms with Crippen molar-refractivity contribution in [1.82, 2.24) is 0 Å². The lowest BCUT2D eigenvalue weighted by atomic mass is 9.84. The first kappa shape index (κ1) is 63.9. The summed E-state index contributed by atoms with van der Waals surface area (Å²) in [6.45, 7) is 2.55. The molecule has 1 saturated carbocycles. The summed E-state index contributed by atoms with van der Waals surface area (Å²) in [7, 11) is -11.5. The van der Waals surface area contributed by atoms with Crippen LogP contribution in [-0.4, -0.2) is 131 Å². The minimum Gasteiger partial charge on any atom is -0.462 e. The molecule has 0 spiro atoms. The fraction of sp³-hybridized carbons (Fsp3) is 0.816. The molecule has 0 radical (unpaired) electrons. The lowest BCUT2D eigenvalue weighted by molar-refractivity contribution is -0.164.